The second-order valence-electron chi connectivity index (χ2n) is 6.22. The minimum absolute atomic E-state index is 0.0119. The van der Waals surface area contributed by atoms with E-state index in [0.29, 0.717) is 5.56 Å². The SMILES string of the molecule is CC(=O)OC[C@H]1O[C@H](OC(C)C)C=C([C@H](O)c2ccc([N+](=O)[O-])cc2)C1=O. The van der Waals surface area contributed by atoms with Gasteiger partial charge in [0.25, 0.3) is 5.69 Å². The fourth-order valence-corrected chi connectivity index (χ4v) is 2.51. The van der Waals surface area contributed by atoms with Gasteiger partial charge < -0.3 is 19.3 Å². The monoisotopic (exact) mass is 379 g/mol. The molecule has 0 amide bonds. The Labute approximate surface area is 155 Å². The molecular formula is C18H21NO8. The Hall–Kier alpha value is -2.62. The molecule has 0 aromatic heterocycles. The molecule has 0 spiro atoms. The lowest BCUT2D eigenvalue weighted by Crippen LogP contribution is -2.41. The molecule has 1 N–H and O–H groups in total. The predicted molar refractivity (Wildman–Crippen MR) is 92.7 cm³/mol. The summed E-state index contributed by atoms with van der Waals surface area (Å²) in [4.78, 5) is 33.9. The van der Waals surface area contributed by atoms with Gasteiger partial charge in [0.15, 0.2) is 18.2 Å². The van der Waals surface area contributed by atoms with E-state index in [9.17, 15) is 24.8 Å². The topological polar surface area (TPSA) is 125 Å². The number of ether oxygens (including phenoxy) is 3. The summed E-state index contributed by atoms with van der Waals surface area (Å²) < 4.78 is 15.9. The predicted octanol–water partition coefficient (Wildman–Crippen LogP) is 1.84. The van der Waals surface area contributed by atoms with Crippen LogP contribution in [-0.4, -0.2) is 46.9 Å². The van der Waals surface area contributed by atoms with Crippen LogP contribution < -0.4 is 0 Å². The largest absolute Gasteiger partial charge is 0.463 e. The summed E-state index contributed by atoms with van der Waals surface area (Å²) in [6.45, 7) is 4.45. The van der Waals surface area contributed by atoms with Crippen molar-refractivity contribution in [1.29, 1.82) is 0 Å². The Morgan fingerprint density at radius 2 is 1.96 bits per heavy atom. The lowest BCUT2D eigenvalue weighted by molar-refractivity contribution is -0.384. The molecule has 0 unspecified atom stereocenters. The molecule has 1 aromatic carbocycles. The summed E-state index contributed by atoms with van der Waals surface area (Å²) in [6, 6.07) is 5.21. The number of Topliss-reactive ketones (excluding diaryl/α,β-unsaturated/α-hetero) is 1. The van der Waals surface area contributed by atoms with Crippen molar-refractivity contribution in [1.82, 2.24) is 0 Å². The first-order valence-corrected chi connectivity index (χ1v) is 8.31. The van der Waals surface area contributed by atoms with Crippen molar-refractivity contribution < 1.29 is 33.8 Å². The van der Waals surface area contributed by atoms with Gasteiger partial charge in [-0.25, -0.2) is 0 Å². The van der Waals surface area contributed by atoms with Gasteiger partial charge in [-0.3, -0.25) is 19.7 Å². The zero-order valence-electron chi connectivity index (χ0n) is 15.2. The Morgan fingerprint density at radius 1 is 1.33 bits per heavy atom. The van der Waals surface area contributed by atoms with Crippen LogP contribution >= 0.6 is 0 Å². The molecule has 1 heterocycles. The molecule has 9 heteroatoms. The molecule has 0 bridgehead atoms. The number of non-ortho nitro benzene ring substituents is 1. The van der Waals surface area contributed by atoms with Crippen LogP contribution in [0.2, 0.25) is 0 Å². The second kappa shape index (κ2) is 8.85. The van der Waals surface area contributed by atoms with Crippen molar-refractivity contribution in [2.24, 2.45) is 0 Å². The molecule has 1 aromatic rings. The molecule has 1 aliphatic heterocycles. The number of benzene rings is 1. The number of ketones is 1. The molecule has 27 heavy (non-hydrogen) atoms. The summed E-state index contributed by atoms with van der Waals surface area (Å²) in [6.07, 6.45) is -2.22. The van der Waals surface area contributed by atoms with Crippen LogP contribution in [0.3, 0.4) is 0 Å². The average molecular weight is 379 g/mol. The Morgan fingerprint density at radius 3 is 2.48 bits per heavy atom. The number of carbonyl (C=O) groups is 2. The van der Waals surface area contributed by atoms with E-state index in [1.807, 2.05) is 0 Å². The van der Waals surface area contributed by atoms with E-state index in [1.54, 1.807) is 13.8 Å². The van der Waals surface area contributed by atoms with Crippen molar-refractivity contribution in [2.45, 2.75) is 45.4 Å². The number of carbonyl (C=O) groups excluding carboxylic acids is 2. The summed E-state index contributed by atoms with van der Waals surface area (Å²) >= 11 is 0. The first-order valence-electron chi connectivity index (χ1n) is 8.31. The van der Waals surface area contributed by atoms with Crippen LogP contribution in [0.1, 0.15) is 32.4 Å². The van der Waals surface area contributed by atoms with Crippen LogP contribution in [0.4, 0.5) is 5.69 Å². The minimum atomic E-state index is -1.33. The van der Waals surface area contributed by atoms with Gasteiger partial charge in [0.05, 0.1) is 11.0 Å². The zero-order valence-corrected chi connectivity index (χ0v) is 15.2. The number of nitrogens with zero attached hydrogens (tertiary/aromatic N) is 1. The molecule has 146 valence electrons. The minimum Gasteiger partial charge on any atom is -0.463 e. The highest BCUT2D eigenvalue weighted by atomic mass is 16.7. The van der Waals surface area contributed by atoms with Gasteiger partial charge in [0.1, 0.15) is 12.7 Å². The lowest BCUT2D eigenvalue weighted by Gasteiger charge is -2.30. The molecule has 0 saturated heterocycles. The van der Waals surface area contributed by atoms with Crippen LogP contribution in [-0.2, 0) is 23.8 Å². The molecule has 0 radical (unpaired) electrons. The zero-order chi connectivity index (χ0) is 20.1. The molecule has 0 fully saturated rings. The maximum Gasteiger partial charge on any atom is 0.302 e. The third kappa shape index (κ3) is 5.43. The molecule has 0 aliphatic carbocycles. The molecule has 0 saturated carbocycles. The molecule has 9 nitrogen and oxygen atoms in total. The maximum atomic E-state index is 12.7. The second-order valence-corrected chi connectivity index (χ2v) is 6.22. The van der Waals surface area contributed by atoms with Gasteiger partial charge in [-0.05, 0) is 37.6 Å². The number of hydrogen-bond donors (Lipinski definition) is 1. The number of esters is 1. The standard InChI is InChI=1S/C18H21NO8/c1-10(2)26-16-8-14(18(22)15(27-16)9-25-11(3)20)17(21)12-4-6-13(7-5-12)19(23)24/h4-8,10,15-17,21H,9H2,1-3H3/t15-,16+,17-/m1/s1. The molecule has 2 rings (SSSR count). The number of nitro groups is 1. The molecule has 1 aliphatic rings. The van der Waals surface area contributed by atoms with Crippen LogP contribution in [0.15, 0.2) is 35.9 Å². The lowest BCUT2D eigenvalue weighted by atomic mass is 9.93. The third-order valence-electron chi connectivity index (χ3n) is 3.75. The van der Waals surface area contributed by atoms with E-state index in [1.165, 1.54) is 37.3 Å². The number of aliphatic hydroxyl groups is 1. The van der Waals surface area contributed by atoms with Crippen molar-refractivity contribution >= 4 is 17.4 Å². The highest BCUT2D eigenvalue weighted by molar-refractivity contribution is 6.00. The van der Waals surface area contributed by atoms with Crippen molar-refractivity contribution in [3.63, 3.8) is 0 Å². The summed E-state index contributed by atoms with van der Waals surface area (Å²) in [5.41, 5.74) is 0.182. The van der Waals surface area contributed by atoms with Crippen molar-refractivity contribution in [3.05, 3.63) is 51.6 Å². The quantitative estimate of drug-likeness (QED) is 0.432. The third-order valence-corrected chi connectivity index (χ3v) is 3.75. The van der Waals surface area contributed by atoms with Gasteiger partial charge in [0.2, 0.25) is 0 Å². The summed E-state index contributed by atoms with van der Waals surface area (Å²) in [5.74, 6) is -1.12. The van der Waals surface area contributed by atoms with E-state index < -0.39 is 35.2 Å². The van der Waals surface area contributed by atoms with E-state index in [-0.39, 0.29) is 24.0 Å². The Balaban J connectivity index is 2.28. The molecule has 3 atom stereocenters. The average Bonchev–Trinajstić information content (AvgIpc) is 2.60. The summed E-state index contributed by atoms with van der Waals surface area (Å²) in [7, 11) is 0. The van der Waals surface area contributed by atoms with Crippen LogP contribution in [0.5, 0.6) is 0 Å². The fraction of sp³-hybridized carbons (Fsp3) is 0.444. The Kier molecular flexibility index (Phi) is 6.78. The number of nitro benzene ring substituents is 1. The van der Waals surface area contributed by atoms with Gasteiger partial charge in [-0.2, -0.15) is 0 Å². The van der Waals surface area contributed by atoms with E-state index >= 15 is 0 Å². The number of hydrogen-bond acceptors (Lipinski definition) is 8. The highest BCUT2D eigenvalue weighted by Gasteiger charge is 2.36. The smallest absolute Gasteiger partial charge is 0.302 e. The van der Waals surface area contributed by atoms with Gasteiger partial charge in [0, 0.05) is 24.6 Å². The van der Waals surface area contributed by atoms with Gasteiger partial charge in [-0.15, -0.1) is 0 Å². The van der Waals surface area contributed by atoms with E-state index in [2.05, 4.69) is 0 Å². The first kappa shape index (κ1) is 20.7. The fourth-order valence-electron chi connectivity index (χ4n) is 2.51. The number of aliphatic hydroxyl groups excluding tert-OH is 1. The van der Waals surface area contributed by atoms with Crippen molar-refractivity contribution in [3.8, 4) is 0 Å². The highest BCUT2D eigenvalue weighted by Crippen LogP contribution is 2.30. The first-order chi connectivity index (χ1) is 12.7. The van der Waals surface area contributed by atoms with E-state index in [4.69, 9.17) is 14.2 Å². The van der Waals surface area contributed by atoms with Crippen LogP contribution in [0, 0.1) is 10.1 Å². The Bertz CT molecular complexity index is 740. The van der Waals surface area contributed by atoms with Gasteiger partial charge >= 0.3 is 5.97 Å². The maximum absolute atomic E-state index is 12.7. The number of rotatable bonds is 7. The van der Waals surface area contributed by atoms with E-state index in [0.717, 1.165) is 0 Å². The van der Waals surface area contributed by atoms with Gasteiger partial charge in [-0.1, -0.05) is 0 Å². The van der Waals surface area contributed by atoms with Crippen molar-refractivity contribution in [2.75, 3.05) is 6.61 Å². The molecular weight excluding hydrogens is 358 g/mol. The normalized spacial score (nSPS) is 20.9. The van der Waals surface area contributed by atoms with Crippen LogP contribution in [0.25, 0.3) is 0 Å². The summed E-state index contributed by atoms with van der Waals surface area (Å²) in [5, 5.41) is 21.4.